The molecule has 5 nitrogen and oxygen atoms in total. The molecule has 2 atom stereocenters. The first-order valence-corrected chi connectivity index (χ1v) is 8.32. The Kier molecular flexibility index (Phi) is 4.74. The van der Waals surface area contributed by atoms with Crippen LogP contribution in [0.2, 0.25) is 0 Å². The highest BCUT2D eigenvalue weighted by atomic mass is 16.6. The minimum Gasteiger partial charge on any atom is -0.391 e. The summed E-state index contributed by atoms with van der Waals surface area (Å²) in [7, 11) is 0. The average molecular weight is 304 g/mol. The quantitative estimate of drug-likeness (QED) is 0.688. The standard InChI is InChI=1S/C17H24N2O3/c20-17-8-4-3-7-16(17)18-11-9-13(10-12-18)14-5-1-2-6-15(14)19(21)22/h1-2,5-6,13,16-17,20H,3-4,7-12H2/t16?,17-/m1/s1. The molecule has 3 rings (SSSR count). The summed E-state index contributed by atoms with van der Waals surface area (Å²) in [4.78, 5) is 13.3. The Bertz CT molecular complexity index is 526. The van der Waals surface area contributed by atoms with Crippen molar-refractivity contribution in [2.75, 3.05) is 13.1 Å². The van der Waals surface area contributed by atoms with Crippen LogP contribution in [0, 0.1) is 10.1 Å². The molecular weight excluding hydrogens is 280 g/mol. The molecule has 1 unspecified atom stereocenters. The van der Waals surface area contributed by atoms with Crippen molar-refractivity contribution in [1.29, 1.82) is 0 Å². The van der Waals surface area contributed by atoms with E-state index in [0.717, 1.165) is 50.8 Å². The number of para-hydroxylation sites is 1. The van der Waals surface area contributed by atoms with Gasteiger partial charge in [-0.3, -0.25) is 15.0 Å². The molecule has 0 radical (unpaired) electrons. The van der Waals surface area contributed by atoms with Gasteiger partial charge in [0.05, 0.1) is 11.0 Å². The Hall–Kier alpha value is -1.46. The topological polar surface area (TPSA) is 66.6 Å². The fraction of sp³-hybridized carbons (Fsp3) is 0.647. The van der Waals surface area contributed by atoms with Gasteiger partial charge >= 0.3 is 0 Å². The maximum Gasteiger partial charge on any atom is 0.272 e. The van der Waals surface area contributed by atoms with Gasteiger partial charge in [-0.25, -0.2) is 0 Å². The molecule has 0 amide bonds. The van der Waals surface area contributed by atoms with Crippen LogP contribution in [0.4, 0.5) is 5.69 Å². The van der Waals surface area contributed by atoms with Gasteiger partial charge < -0.3 is 5.11 Å². The van der Waals surface area contributed by atoms with E-state index in [9.17, 15) is 15.2 Å². The van der Waals surface area contributed by atoms with Crippen molar-refractivity contribution in [3.8, 4) is 0 Å². The van der Waals surface area contributed by atoms with Crippen LogP contribution in [0.15, 0.2) is 24.3 Å². The number of piperidine rings is 1. The zero-order valence-electron chi connectivity index (χ0n) is 12.9. The molecule has 22 heavy (non-hydrogen) atoms. The number of rotatable bonds is 3. The predicted octanol–water partition coefficient (Wildman–Crippen LogP) is 3.08. The van der Waals surface area contributed by atoms with Gasteiger partial charge in [-0.15, -0.1) is 0 Å². The lowest BCUT2D eigenvalue weighted by molar-refractivity contribution is -0.385. The molecule has 1 N–H and O–H groups in total. The monoisotopic (exact) mass is 304 g/mol. The van der Waals surface area contributed by atoms with E-state index >= 15 is 0 Å². The Morgan fingerprint density at radius 3 is 2.45 bits per heavy atom. The van der Waals surface area contributed by atoms with E-state index in [4.69, 9.17) is 0 Å². The molecule has 5 heteroatoms. The first-order valence-electron chi connectivity index (χ1n) is 8.32. The average Bonchev–Trinajstić information content (AvgIpc) is 2.55. The van der Waals surface area contributed by atoms with Crippen LogP contribution in [0.1, 0.15) is 50.0 Å². The third kappa shape index (κ3) is 3.15. The lowest BCUT2D eigenvalue weighted by Gasteiger charge is -2.41. The second kappa shape index (κ2) is 6.75. The van der Waals surface area contributed by atoms with E-state index in [1.165, 1.54) is 6.42 Å². The number of aliphatic hydroxyl groups excluding tert-OH is 1. The molecule has 1 heterocycles. The third-order valence-corrected chi connectivity index (χ3v) is 5.27. The number of benzene rings is 1. The van der Waals surface area contributed by atoms with Crippen molar-refractivity contribution in [1.82, 2.24) is 4.90 Å². The molecule has 1 aromatic rings. The molecule has 120 valence electrons. The van der Waals surface area contributed by atoms with E-state index in [2.05, 4.69) is 4.90 Å². The van der Waals surface area contributed by atoms with Gasteiger partial charge in [-0.05, 0) is 44.7 Å². The summed E-state index contributed by atoms with van der Waals surface area (Å²) < 4.78 is 0. The van der Waals surface area contributed by atoms with Gasteiger partial charge in [-0.2, -0.15) is 0 Å². The molecule has 2 aliphatic rings. The minimum absolute atomic E-state index is 0.198. The number of nitrogens with zero attached hydrogens (tertiary/aromatic N) is 2. The fourth-order valence-electron chi connectivity index (χ4n) is 4.06. The second-order valence-electron chi connectivity index (χ2n) is 6.55. The van der Waals surface area contributed by atoms with E-state index in [0.29, 0.717) is 6.04 Å². The van der Waals surface area contributed by atoms with E-state index in [-0.39, 0.29) is 22.6 Å². The fourth-order valence-corrected chi connectivity index (χ4v) is 4.06. The van der Waals surface area contributed by atoms with Crippen LogP contribution in [0.25, 0.3) is 0 Å². The molecule has 1 saturated carbocycles. The molecule has 1 aliphatic heterocycles. The highest BCUT2D eigenvalue weighted by Gasteiger charge is 2.33. The zero-order chi connectivity index (χ0) is 15.5. The molecule has 0 bridgehead atoms. The normalized spacial score (nSPS) is 27.7. The number of aliphatic hydroxyl groups is 1. The van der Waals surface area contributed by atoms with Crippen LogP contribution in [0.3, 0.4) is 0 Å². The molecule has 1 aromatic carbocycles. The van der Waals surface area contributed by atoms with Gasteiger partial charge in [0, 0.05) is 17.7 Å². The van der Waals surface area contributed by atoms with Gasteiger partial charge in [0.15, 0.2) is 0 Å². The first kappa shape index (κ1) is 15.4. The molecule has 0 spiro atoms. The summed E-state index contributed by atoms with van der Waals surface area (Å²) in [5.74, 6) is 0.263. The van der Waals surface area contributed by atoms with Crippen molar-refractivity contribution in [3.05, 3.63) is 39.9 Å². The number of likely N-dealkylation sites (tertiary alicyclic amines) is 1. The van der Waals surface area contributed by atoms with Crippen molar-refractivity contribution < 1.29 is 10.0 Å². The van der Waals surface area contributed by atoms with Crippen LogP contribution in [-0.2, 0) is 0 Å². The smallest absolute Gasteiger partial charge is 0.272 e. The van der Waals surface area contributed by atoms with Crippen molar-refractivity contribution in [3.63, 3.8) is 0 Å². The summed E-state index contributed by atoms with van der Waals surface area (Å²) in [6.07, 6.45) is 6.00. The third-order valence-electron chi connectivity index (χ3n) is 5.27. The molecule has 2 fully saturated rings. The van der Waals surface area contributed by atoms with Crippen molar-refractivity contribution in [2.24, 2.45) is 0 Å². The largest absolute Gasteiger partial charge is 0.391 e. The summed E-state index contributed by atoms with van der Waals surface area (Å²) in [6, 6.07) is 7.41. The maximum absolute atomic E-state index is 11.2. The van der Waals surface area contributed by atoms with Crippen molar-refractivity contribution >= 4 is 5.69 Å². The second-order valence-corrected chi connectivity index (χ2v) is 6.55. The van der Waals surface area contributed by atoms with Gasteiger partial charge in [0.1, 0.15) is 0 Å². The molecule has 0 aromatic heterocycles. The number of hydrogen-bond donors (Lipinski definition) is 1. The maximum atomic E-state index is 11.2. The highest BCUT2D eigenvalue weighted by molar-refractivity contribution is 5.42. The Labute approximate surface area is 131 Å². The summed E-state index contributed by atoms with van der Waals surface area (Å²) >= 11 is 0. The lowest BCUT2D eigenvalue weighted by Crippen LogP contribution is -2.48. The molecule has 1 aliphatic carbocycles. The molecule has 1 saturated heterocycles. The van der Waals surface area contributed by atoms with Gasteiger partial charge in [-0.1, -0.05) is 31.0 Å². The van der Waals surface area contributed by atoms with Crippen LogP contribution in [-0.4, -0.2) is 40.2 Å². The SMILES string of the molecule is O=[N+]([O-])c1ccccc1C1CCN(C2CCCC[C@H]2O)CC1. The number of hydrogen-bond acceptors (Lipinski definition) is 4. The number of nitro groups is 1. The Morgan fingerprint density at radius 2 is 1.77 bits per heavy atom. The van der Waals surface area contributed by atoms with E-state index in [1.54, 1.807) is 12.1 Å². The summed E-state index contributed by atoms with van der Waals surface area (Å²) in [5.41, 5.74) is 1.12. The van der Waals surface area contributed by atoms with E-state index < -0.39 is 0 Å². The highest BCUT2D eigenvalue weighted by Crippen LogP contribution is 2.35. The van der Waals surface area contributed by atoms with Crippen LogP contribution in [0.5, 0.6) is 0 Å². The van der Waals surface area contributed by atoms with Crippen LogP contribution >= 0.6 is 0 Å². The lowest BCUT2D eigenvalue weighted by atomic mass is 9.85. The first-order chi connectivity index (χ1) is 10.7. The van der Waals surface area contributed by atoms with E-state index in [1.807, 2.05) is 12.1 Å². The van der Waals surface area contributed by atoms with Crippen LogP contribution < -0.4 is 0 Å². The predicted molar refractivity (Wildman–Crippen MR) is 84.9 cm³/mol. The minimum atomic E-state index is -0.271. The Balaban J connectivity index is 1.66. The Morgan fingerprint density at radius 1 is 1.09 bits per heavy atom. The summed E-state index contributed by atoms with van der Waals surface area (Å²) in [6.45, 7) is 1.86. The molecular formula is C17H24N2O3. The van der Waals surface area contributed by atoms with Gasteiger partial charge in [0.2, 0.25) is 0 Å². The number of nitro benzene ring substituents is 1. The summed E-state index contributed by atoms with van der Waals surface area (Å²) in [5, 5.41) is 21.4. The van der Waals surface area contributed by atoms with Gasteiger partial charge in [0.25, 0.3) is 5.69 Å². The zero-order valence-corrected chi connectivity index (χ0v) is 12.9. The van der Waals surface area contributed by atoms with Crippen molar-refractivity contribution in [2.45, 2.75) is 56.6 Å².